The molecule has 0 heterocycles. The third-order valence-corrected chi connectivity index (χ3v) is 4.56. The molecule has 0 bridgehead atoms. The highest BCUT2D eigenvalue weighted by Gasteiger charge is 2.06. The van der Waals surface area contributed by atoms with E-state index in [1.807, 2.05) is 0 Å². The first-order valence-corrected chi connectivity index (χ1v) is 10.3. The number of carbonyl (C=O) groups excluding carboxylic acids is 1. The average Bonchev–Trinajstić information content (AvgIpc) is 2.59. The number of unbranched alkanes of at least 4 members (excludes halogenated alkanes) is 13. The van der Waals surface area contributed by atoms with Crippen molar-refractivity contribution in [3.63, 3.8) is 0 Å². The van der Waals surface area contributed by atoms with Gasteiger partial charge < -0.3 is 10.4 Å². The molecule has 2 N–H and O–H groups in total. The number of amides is 1. The number of carboxylic acid groups (broad SMARTS) is 1. The zero-order valence-electron chi connectivity index (χ0n) is 16.3. The lowest BCUT2D eigenvalue weighted by Crippen LogP contribution is -2.27. The summed E-state index contributed by atoms with van der Waals surface area (Å²) in [5.41, 5.74) is 0.0225. The molecular formula is C21H39NO3. The molecule has 0 aromatic rings. The SMILES string of the molecule is C=C(CNC(=O)CCCCCCCCCCCCCCCC)C(=O)O. The molecule has 0 saturated carbocycles. The van der Waals surface area contributed by atoms with Gasteiger partial charge in [0.2, 0.25) is 5.91 Å². The Hall–Kier alpha value is -1.32. The van der Waals surface area contributed by atoms with Gasteiger partial charge in [-0.2, -0.15) is 0 Å². The first-order valence-electron chi connectivity index (χ1n) is 10.3. The van der Waals surface area contributed by atoms with Crippen molar-refractivity contribution in [3.05, 3.63) is 12.2 Å². The number of carbonyl (C=O) groups is 2. The minimum atomic E-state index is -1.06. The van der Waals surface area contributed by atoms with Crippen molar-refractivity contribution in [2.45, 2.75) is 103 Å². The zero-order chi connectivity index (χ0) is 18.8. The molecule has 0 aromatic heterocycles. The second-order valence-electron chi connectivity index (χ2n) is 7.03. The predicted molar refractivity (Wildman–Crippen MR) is 105 cm³/mol. The molecule has 146 valence electrons. The predicted octanol–water partition coefficient (Wildman–Crippen LogP) is 5.61. The Labute approximate surface area is 154 Å². The van der Waals surface area contributed by atoms with Crippen LogP contribution in [0.15, 0.2) is 12.2 Å². The third kappa shape index (κ3) is 17.3. The Bertz CT molecular complexity index is 366. The molecule has 0 rings (SSSR count). The molecule has 4 nitrogen and oxygen atoms in total. The van der Waals surface area contributed by atoms with E-state index in [1.165, 1.54) is 77.0 Å². The Morgan fingerprint density at radius 3 is 1.56 bits per heavy atom. The van der Waals surface area contributed by atoms with Gasteiger partial charge in [-0.05, 0) is 6.42 Å². The molecule has 4 heteroatoms. The summed E-state index contributed by atoms with van der Waals surface area (Å²) in [4.78, 5) is 22.1. The van der Waals surface area contributed by atoms with Gasteiger partial charge in [-0.15, -0.1) is 0 Å². The van der Waals surface area contributed by atoms with Gasteiger partial charge in [0.1, 0.15) is 0 Å². The van der Waals surface area contributed by atoms with Crippen LogP contribution in [0.5, 0.6) is 0 Å². The highest BCUT2D eigenvalue weighted by molar-refractivity contribution is 5.87. The van der Waals surface area contributed by atoms with Crippen molar-refractivity contribution in [2.75, 3.05) is 6.54 Å². The van der Waals surface area contributed by atoms with Crippen LogP contribution in [0.1, 0.15) is 103 Å². The summed E-state index contributed by atoms with van der Waals surface area (Å²) < 4.78 is 0. The molecule has 0 saturated heterocycles. The largest absolute Gasteiger partial charge is 0.478 e. The van der Waals surface area contributed by atoms with Gasteiger partial charge >= 0.3 is 5.97 Å². The molecule has 1 amide bonds. The van der Waals surface area contributed by atoms with Crippen LogP contribution < -0.4 is 5.32 Å². The summed E-state index contributed by atoms with van der Waals surface area (Å²) >= 11 is 0. The van der Waals surface area contributed by atoms with Gasteiger partial charge in [-0.25, -0.2) is 4.79 Å². The van der Waals surface area contributed by atoms with Crippen LogP contribution in [0.3, 0.4) is 0 Å². The lowest BCUT2D eigenvalue weighted by atomic mass is 10.0. The quantitative estimate of drug-likeness (QED) is 0.248. The summed E-state index contributed by atoms with van der Waals surface area (Å²) in [6.07, 6.45) is 18.6. The van der Waals surface area contributed by atoms with Crippen LogP contribution in [0.25, 0.3) is 0 Å². The van der Waals surface area contributed by atoms with Gasteiger partial charge in [0, 0.05) is 18.5 Å². The van der Waals surface area contributed by atoms with E-state index in [9.17, 15) is 9.59 Å². The third-order valence-electron chi connectivity index (χ3n) is 4.56. The minimum Gasteiger partial charge on any atom is -0.478 e. The number of hydrogen-bond acceptors (Lipinski definition) is 2. The summed E-state index contributed by atoms with van der Waals surface area (Å²) in [7, 11) is 0. The van der Waals surface area contributed by atoms with Crippen LogP contribution in [0, 0.1) is 0 Å². The van der Waals surface area contributed by atoms with Crippen molar-refractivity contribution >= 4 is 11.9 Å². The minimum absolute atomic E-state index is 0.0225. The molecule has 0 fully saturated rings. The van der Waals surface area contributed by atoms with E-state index in [4.69, 9.17) is 5.11 Å². The molecule has 0 aliphatic rings. The van der Waals surface area contributed by atoms with Crippen LogP contribution in [0.4, 0.5) is 0 Å². The standard InChI is InChI=1S/C21H39NO3/c1-3-4-5-6-7-8-9-10-11-12-13-14-15-16-17-20(23)22-18-19(2)21(24)25/h2-18H2,1H3,(H,22,23)(H,24,25). The second-order valence-corrected chi connectivity index (χ2v) is 7.03. The lowest BCUT2D eigenvalue weighted by molar-refractivity contribution is -0.132. The van der Waals surface area contributed by atoms with E-state index in [0.29, 0.717) is 6.42 Å². The number of nitrogens with one attached hydrogen (secondary N) is 1. The maximum Gasteiger partial charge on any atom is 0.332 e. The molecule has 0 aliphatic heterocycles. The second kappa shape index (κ2) is 17.5. The summed E-state index contributed by atoms with van der Waals surface area (Å²) in [5.74, 6) is -1.14. The Morgan fingerprint density at radius 1 is 0.760 bits per heavy atom. The topological polar surface area (TPSA) is 66.4 Å². The van der Waals surface area contributed by atoms with Crippen LogP contribution in [-0.2, 0) is 9.59 Å². The average molecular weight is 354 g/mol. The van der Waals surface area contributed by atoms with Crippen molar-refractivity contribution in [2.24, 2.45) is 0 Å². The van der Waals surface area contributed by atoms with Gasteiger partial charge in [-0.3, -0.25) is 4.79 Å². The van der Waals surface area contributed by atoms with Crippen LogP contribution >= 0.6 is 0 Å². The molecule has 0 aromatic carbocycles. The van der Waals surface area contributed by atoms with Gasteiger partial charge in [0.25, 0.3) is 0 Å². The van der Waals surface area contributed by atoms with Gasteiger partial charge in [0.05, 0.1) is 0 Å². The molecule has 0 spiro atoms. The van der Waals surface area contributed by atoms with E-state index < -0.39 is 5.97 Å². The van der Waals surface area contributed by atoms with E-state index in [2.05, 4.69) is 18.8 Å². The van der Waals surface area contributed by atoms with Crippen molar-refractivity contribution < 1.29 is 14.7 Å². The monoisotopic (exact) mass is 353 g/mol. The normalized spacial score (nSPS) is 10.6. The molecular weight excluding hydrogens is 314 g/mol. The van der Waals surface area contributed by atoms with Gasteiger partial charge in [-0.1, -0.05) is 97.0 Å². The first kappa shape index (κ1) is 23.7. The van der Waals surface area contributed by atoms with E-state index in [1.54, 1.807) is 0 Å². The molecule has 0 atom stereocenters. The molecule has 25 heavy (non-hydrogen) atoms. The van der Waals surface area contributed by atoms with Gasteiger partial charge in [0.15, 0.2) is 0 Å². The Kier molecular flexibility index (Phi) is 16.6. The number of hydrogen-bond donors (Lipinski definition) is 2. The Morgan fingerprint density at radius 2 is 1.16 bits per heavy atom. The van der Waals surface area contributed by atoms with E-state index in [0.717, 1.165) is 12.8 Å². The van der Waals surface area contributed by atoms with E-state index >= 15 is 0 Å². The Balaban J connectivity index is 3.22. The van der Waals surface area contributed by atoms with E-state index in [-0.39, 0.29) is 18.0 Å². The summed E-state index contributed by atoms with van der Waals surface area (Å²) in [6.45, 7) is 5.68. The molecule has 0 radical (unpaired) electrons. The maximum absolute atomic E-state index is 11.5. The fourth-order valence-electron chi connectivity index (χ4n) is 2.85. The molecule has 0 unspecified atom stereocenters. The summed E-state index contributed by atoms with van der Waals surface area (Å²) in [6, 6.07) is 0. The van der Waals surface area contributed by atoms with Crippen LogP contribution in [-0.4, -0.2) is 23.5 Å². The molecule has 0 aliphatic carbocycles. The van der Waals surface area contributed by atoms with Crippen molar-refractivity contribution in [1.82, 2.24) is 5.32 Å². The number of carboxylic acids is 1. The zero-order valence-corrected chi connectivity index (χ0v) is 16.3. The highest BCUT2D eigenvalue weighted by Crippen LogP contribution is 2.13. The number of rotatable bonds is 18. The fraction of sp³-hybridized carbons (Fsp3) is 0.810. The smallest absolute Gasteiger partial charge is 0.332 e. The lowest BCUT2D eigenvalue weighted by Gasteiger charge is -2.05. The fourth-order valence-corrected chi connectivity index (χ4v) is 2.85. The first-order chi connectivity index (χ1) is 12.1. The maximum atomic E-state index is 11.5. The van der Waals surface area contributed by atoms with Crippen LogP contribution in [0.2, 0.25) is 0 Å². The number of aliphatic carboxylic acids is 1. The van der Waals surface area contributed by atoms with Crippen molar-refractivity contribution in [3.8, 4) is 0 Å². The highest BCUT2D eigenvalue weighted by atomic mass is 16.4. The van der Waals surface area contributed by atoms with Crippen molar-refractivity contribution in [1.29, 1.82) is 0 Å². The summed E-state index contributed by atoms with van der Waals surface area (Å²) in [5, 5.41) is 11.2.